The molecule has 9 nitrogen and oxygen atoms in total. The van der Waals surface area contributed by atoms with Crippen molar-refractivity contribution in [2.75, 3.05) is 68.0 Å². The predicted octanol–water partition coefficient (Wildman–Crippen LogP) is 2.57. The summed E-state index contributed by atoms with van der Waals surface area (Å²) in [5.74, 6) is 1.20. The van der Waals surface area contributed by atoms with Crippen LogP contribution in [0.15, 0.2) is 48.7 Å². The van der Waals surface area contributed by atoms with E-state index < -0.39 is 0 Å². The van der Waals surface area contributed by atoms with Crippen LogP contribution in [0.2, 0.25) is 0 Å². The Hall–Kier alpha value is -3.43. The number of anilines is 3. The van der Waals surface area contributed by atoms with Crippen molar-refractivity contribution in [3.63, 3.8) is 0 Å². The first-order valence-electron chi connectivity index (χ1n) is 13.4. The lowest BCUT2D eigenvalue weighted by molar-refractivity contribution is 0.188. The highest BCUT2D eigenvalue weighted by molar-refractivity contribution is 5.73. The Balaban J connectivity index is 1.15. The fourth-order valence-corrected chi connectivity index (χ4v) is 6.01. The van der Waals surface area contributed by atoms with E-state index in [1.54, 1.807) is 0 Å². The monoisotopic (exact) mass is 500 g/mol. The molecule has 3 saturated heterocycles. The lowest BCUT2D eigenvalue weighted by atomic mass is 10.0. The maximum atomic E-state index is 6.35. The van der Waals surface area contributed by atoms with Crippen molar-refractivity contribution in [2.24, 2.45) is 0 Å². The van der Waals surface area contributed by atoms with Crippen LogP contribution < -0.4 is 25.6 Å². The summed E-state index contributed by atoms with van der Waals surface area (Å²) in [6.07, 6.45) is 4.19. The van der Waals surface area contributed by atoms with Gasteiger partial charge in [-0.05, 0) is 37.5 Å². The number of aromatic nitrogens is 3. The smallest absolute Gasteiger partial charge is 0.215 e. The van der Waals surface area contributed by atoms with Gasteiger partial charge in [0.2, 0.25) is 5.88 Å². The van der Waals surface area contributed by atoms with Crippen molar-refractivity contribution in [2.45, 2.75) is 31.8 Å². The Kier molecular flexibility index (Phi) is 6.80. The highest BCUT2D eigenvalue weighted by Gasteiger charge is 2.41. The molecule has 0 aliphatic carbocycles. The van der Waals surface area contributed by atoms with Crippen LogP contribution in [0.4, 0.5) is 17.2 Å². The molecular formula is C28H36N8O. The summed E-state index contributed by atoms with van der Waals surface area (Å²) < 4.78 is 6.06. The summed E-state index contributed by atoms with van der Waals surface area (Å²) in [6, 6.07) is 15.4. The third-order valence-electron chi connectivity index (χ3n) is 7.93. The number of nitrogens with two attached hydrogens (primary N) is 1. The molecule has 194 valence electrons. The zero-order valence-electron chi connectivity index (χ0n) is 21.5. The summed E-state index contributed by atoms with van der Waals surface area (Å²) in [5, 5.41) is 12.1. The van der Waals surface area contributed by atoms with Crippen molar-refractivity contribution in [1.29, 1.82) is 0 Å². The minimum absolute atomic E-state index is 0.407. The van der Waals surface area contributed by atoms with Crippen molar-refractivity contribution in [1.82, 2.24) is 25.4 Å². The standard InChI is InChI=1S/C28H36N8O/c1-20-4-2-3-5-24(20)25-17-26(28(29)33-32-25)35-18-22-6-7-23(19-35)36(22)21-8-9-31-27(16-21)37-15-14-34-12-10-30-11-13-34/h2-5,8-9,16-17,22-23,30H,6-7,10-15,18-19H2,1H3,(H2,29,33). The Morgan fingerprint density at radius 1 is 1.03 bits per heavy atom. The molecule has 0 saturated carbocycles. The van der Waals surface area contributed by atoms with Gasteiger partial charge in [0.25, 0.3) is 0 Å². The molecule has 2 atom stereocenters. The van der Waals surface area contributed by atoms with Crippen LogP contribution in [-0.2, 0) is 0 Å². The van der Waals surface area contributed by atoms with Gasteiger partial charge in [0, 0.05) is 81.4 Å². The van der Waals surface area contributed by atoms with Gasteiger partial charge in [-0.25, -0.2) is 4.98 Å². The highest BCUT2D eigenvalue weighted by Crippen LogP contribution is 2.39. The number of nitrogen functional groups attached to an aromatic ring is 1. The number of nitrogens with one attached hydrogen (secondary N) is 1. The maximum absolute atomic E-state index is 6.35. The summed E-state index contributed by atoms with van der Waals surface area (Å²) >= 11 is 0. The zero-order chi connectivity index (χ0) is 25.2. The Morgan fingerprint density at radius 3 is 2.59 bits per heavy atom. The number of fused-ring (bicyclic) bond motifs is 2. The molecule has 2 bridgehead atoms. The summed E-state index contributed by atoms with van der Waals surface area (Å²) in [6.45, 7) is 9.76. The van der Waals surface area contributed by atoms with Crippen molar-refractivity contribution < 1.29 is 4.74 Å². The van der Waals surface area contributed by atoms with Crippen LogP contribution in [0.1, 0.15) is 18.4 Å². The molecule has 9 heteroatoms. The molecule has 3 aliphatic heterocycles. The minimum Gasteiger partial charge on any atom is -0.476 e. The number of benzene rings is 1. The van der Waals surface area contributed by atoms with Crippen molar-refractivity contribution >= 4 is 17.2 Å². The average molecular weight is 501 g/mol. The summed E-state index contributed by atoms with van der Waals surface area (Å²) in [5.41, 5.74) is 11.7. The number of pyridine rings is 1. The third-order valence-corrected chi connectivity index (χ3v) is 7.93. The lowest BCUT2D eigenvalue weighted by Crippen LogP contribution is -2.54. The van der Waals surface area contributed by atoms with E-state index in [4.69, 9.17) is 10.5 Å². The molecule has 0 radical (unpaired) electrons. The summed E-state index contributed by atoms with van der Waals surface area (Å²) in [4.78, 5) is 11.9. The minimum atomic E-state index is 0.407. The molecule has 1 aromatic carbocycles. The second-order valence-corrected chi connectivity index (χ2v) is 10.3. The van der Waals surface area contributed by atoms with Gasteiger partial charge in [-0.15, -0.1) is 10.2 Å². The molecule has 2 aromatic heterocycles. The van der Waals surface area contributed by atoms with Crippen molar-refractivity contribution in [3.05, 3.63) is 54.2 Å². The molecule has 3 aliphatic rings. The normalized spacial score (nSPS) is 21.9. The van der Waals surface area contributed by atoms with E-state index in [1.807, 2.05) is 18.3 Å². The van der Waals surface area contributed by atoms with E-state index in [9.17, 15) is 0 Å². The number of piperazine rings is 2. The average Bonchev–Trinajstić information content (AvgIpc) is 3.19. The van der Waals surface area contributed by atoms with Gasteiger partial charge in [-0.3, -0.25) is 4.90 Å². The van der Waals surface area contributed by atoms with Crippen LogP contribution in [0.25, 0.3) is 11.3 Å². The van der Waals surface area contributed by atoms with E-state index in [2.05, 4.69) is 72.5 Å². The molecular weight excluding hydrogens is 464 g/mol. The topological polar surface area (TPSA) is 95.7 Å². The van der Waals surface area contributed by atoms with E-state index in [0.29, 0.717) is 30.4 Å². The third kappa shape index (κ3) is 5.06. The highest BCUT2D eigenvalue weighted by atomic mass is 16.5. The maximum Gasteiger partial charge on any atom is 0.215 e. The summed E-state index contributed by atoms with van der Waals surface area (Å²) in [7, 11) is 0. The van der Waals surface area contributed by atoms with Crippen LogP contribution in [0.3, 0.4) is 0 Å². The van der Waals surface area contributed by atoms with E-state index in [0.717, 1.165) is 75.6 Å². The quantitative estimate of drug-likeness (QED) is 0.507. The SMILES string of the molecule is Cc1ccccc1-c1cc(N2CC3CCC(C2)N3c2ccnc(OCCN3CCNCC3)c2)c(N)nn1. The first-order valence-corrected chi connectivity index (χ1v) is 13.4. The fourth-order valence-electron chi connectivity index (χ4n) is 6.01. The number of aryl methyl sites for hydroxylation is 1. The molecule has 3 aromatic rings. The van der Waals surface area contributed by atoms with E-state index in [-0.39, 0.29) is 0 Å². The van der Waals surface area contributed by atoms with Crippen LogP contribution >= 0.6 is 0 Å². The predicted molar refractivity (Wildman–Crippen MR) is 147 cm³/mol. The molecule has 37 heavy (non-hydrogen) atoms. The second-order valence-electron chi connectivity index (χ2n) is 10.3. The van der Waals surface area contributed by atoms with Gasteiger partial charge >= 0.3 is 0 Å². The molecule has 2 unspecified atom stereocenters. The molecule has 6 rings (SSSR count). The van der Waals surface area contributed by atoms with Gasteiger partial charge in [0.15, 0.2) is 5.82 Å². The zero-order valence-corrected chi connectivity index (χ0v) is 21.5. The Labute approximate surface area is 218 Å². The first kappa shape index (κ1) is 23.9. The van der Waals surface area contributed by atoms with E-state index in [1.165, 1.54) is 11.3 Å². The van der Waals surface area contributed by atoms with Gasteiger partial charge in [-0.1, -0.05) is 24.3 Å². The first-order chi connectivity index (χ1) is 18.2. The molecule has 3 fully saturated rings. The number of ether oxygens (including phenoxy) is 1. The lowest BCUT2D eigenvalue weighted by Gasteiger charge is -2.43. The van der Waals surface area contributed by atoms with Crippen molar-refractivity contribution in [3.8, 4) is 17.1 Å². The van der Waals surface area contributed by atoms with Crippen LogP contribution in [0.5, 0.6) is 5.88 Å². The number of hydrogen-bond acceptors (Lipinski definition) is 9. The van der Waals surface area contributed by atoms with E-state index >= 15 is 0 Å². The van der Waals surface area contributed by atoms with Gasteiger partial charge in [-0.2, -0.15) is 0 Å². The second kappa shape index (κ2) is 10.5. The number of nitrogens with zero attached hydrogens (tertiary/aromatic N) is 6. The molecule has 0 spiro atoms. The number of rotatable bonds is 7. The Morgan fingerprint density at radius 2 is 1.81 bits per heavy atom. The molecule has 3 N–H and O–H groups in total. The Bertz CT molecular complexity index is 1220. The largest absolute Gasteiger partial charge is 0.476 e. The fraction of sp³-hybridized carbons (Fsp3) is 0.464. The van der Waals surface area contributed by atoms with Gasteiger partial charge in [0.05, 0.1) is 11.4 Å². The van der Waals surface area contributed by atoms with Gasteiger partial charge in [0.1, 0.15) is 6.61 Å². The van der Waals surface area contributed by atoms with Crippen LogP contribution in [-0.4, -0.2) is 84.6 Å². The van der Waals surface area contributed by atoms with Gasteiger partial charge < -0.3 is 25.6 Å². The van der Waals surface area contributed by atoms with Crippen LogP contribution in [0, 0.1) is 6.92 Å². The number of hydrogen-bond donors (Lipinski definition) is 2. The molecule has 5 heterocycles. The molecule has 0 amide bonds.